The fraction of sp³-hybridized carbons (Fsp3) is 0.200. The van der Waals surface area contributed by atoms with Gasteiger partial charge in [-0.1, -0.05) is 17.8 Å². The first kappa shape index (κ1) is 19.8. The molecular weight excluding hydrogens is 406 g/mol. The number of methoxy groups -OCH3 is 1. The van der Waals surface area contributed by atoms with Gasteiger partial charge in [0, 0.05) is 17.1 Å². The third kappa shape index (κ3) is 4.38. The number of hydrogen-bond donors (Lipinski definition) is 1. The number of thioether (sulfide) groups is 1. The minimum absolute atomic E-state index is 0.158. The van der Waals surface area contributed by atoms with E-state index in [-0.39, 0.29) is 17.8 Å². The highest BCUT2D eigenvalue weighted by atomic mass is 32.2. The molecule has 0 aliphatic carbocycles. The van der Waals surface area contributed by atoms with Crippen molar-refractivity contribution in [2.45, 2.75) is 5.16 Å². The van der Waals surface area contributed by atoms with E-state index in [4.69, 9.17) is 9.47 Å². The summed E-state index contributed by atoms with van der Waals surface area (Å²) in [5.74, 6) is 0.723. The van der Waals surface area contributed by atoms with Crippen LogP contribution in [0.3, 0.4) is 0 Å². The molecule has 0 bridgehead atoms. The lowest BCUT2D eigenvalue weighted by atomic mass is 10.2. The Kier molecular flexibility index (Phi) is 5.84. The van der Waals surface area contributed by atoms with E-state index in [2.05, 4.69) is 15.5 Å². The second-order valence-corrected chi connectivity index (χ2v) is 7.28. The molecule has 0 unspecified atom stereocenters. The maximum absolute atomic E-state index is 12.4. The summed E-state index contributed by atoms with van der Waals surface area (Å²) in [5, 5.41) is 11.5. The number of aromatic nitrogens is 3. The quantitative estimate of drug-likeness (QED) is 0.581. The van der Waals surface area contributed by atoms with Crippen LogP contribution in [0.15, 0.2) is 60.0 Å². The van der Waals surface area contributed by atoms with Crippen molar-refractivity contribution >= 4 is 35.1 Å². The van der Waals surface area contributed by atoms with E-state index in [0.717, 1.165) is 11.4 Å². The number of hydrogen-bond acceptors (Lipinski definition) is 7. The Morgan fingerprint density at radius 2 is 2.07 bits per heavy atom. The van der Waals surface area contributed by atoms with E-state index in [1.807, 2.05) is 24.3 Å². The van der Waals surface area contributed by atoms with Crippen molar-refractivity contribution < 1.29 is 19.1 Å². The number of benzene rings is 2. The van der Waals surface area contributed by atoms with Gasteiger partial charge in [0.05, 0.1) is 19.4 Å². The van der Waals surface area contributed by atoms with Gasteiger partial charge in [0.15, 0.2) is 5.16 Å². The molecule has 1 aliphatic rings. The van der Waals surface area contributed by atoms with Gasteiger partial charge < -0.3 is 14.8 Å². The summed E-state index contributed by atoms with van der Waals surface area (Å²) in [6.45, 7) is 0.855. The molecule has 10 heteroatoms. The highest BCUT2D eigenvalue weighted by Gasteiger charge is 2.23. The average molecular weight is 425 g/mol. The molecule has 1 N–H and O–H groups in total. The van der Waals surface area contributed by atoms with Crippen molar-refractivity contribution in [3.05, 3.63) is 54.9 Å². The van der Waals surface area contributed by atoms with Crippen LogP contribution in [0.25, 0.3) is 5.69 Å². The average Bonchev–Trinajstić information content (AvgIpc) is 3.41. The monoisotopic (exact) mass is 425 g/mol. The molecule has 0 saturated carbocycles. The second-order valence-electron chi connectivity index (χ2n) is 6.33. The third-order valence-corrected chi connectivity index (χ3v) is 5.34. The number of ether oxygens (including phenoxy) is 2. The predicted molar refractivity (Wildman–Crippen MR) is 112 cm³/mol. The summed E-state index contributed by atoms with van der Waals surface area (Å²) in [6.07, 6.45) is 1.22. The maximum Gasteiger partial charge on any atom is 0.414 e. The van der Waals surface area contributed by atoms with Crippen molar-refractivity contribution in [1.29, 1.82) is 0 Å². The van der Waals surface area contributed by atoms with E-state index in [0.29, 0.717) is 29.7 Å². The molecule has 9 nitrogen and oxygen atoms in total. The van der Waals surface area contributed by atoms with Gasteiger partial charge in [-0.05, 0) is 42.5 Å². The molecule has 1 saturated heterocycles. The number of nitrogens with zero attached hydrogens (tertiary/aromatic N) is 4. The standard InChI is InChI=1S/C20H19N5O4S/c1-28-17-7-5-15(6-8-17)25-13-21-23-19(25)30-12-18(26)22-14-3-2-4-16(11-14)24-9-10-29-20(24)27/h2-8,11,13H,9-10,12H2,1H3,(H,22,26). The largest absolute Gasteiger partial charge is 0.497 e. The minimum atomic E-state index is -0.382. The lowest BCUT2D eigenvalue weighted by molar-refractivity contribution is -0.113. The molecule has 1 aliphatic heterocycles. The molecule has 0 atom stereocenters. The number of rotatable bonds is 7. The van der Waals surface area contributed by atoms with Crippen molar-refractivity contribution in [3.63, 3.8) is 0 Å². The number of carbonyl (C=O) groups is 2. The summed E-state index contributed by atoms with van der Waals surface area (Å²) in [4.78, 5) is 25.7. The number of anilines is 2. The summed E-state index contributed by atoms with van der Waals surface area (Å²) >= 11 is 1.28. The molecule has 1 fully saturated rings. The van der Waals surface area contributed by atoms with Gasteiger partial charge in [-0.2, -0.15) is 0 Å². The molecular formula is C20H19N5O4S. The van der Waals surface area contributed by atoms with Crippen LogP contribution in [0.2, 0.25) is 0 Å². The zero-order valence-electron chi connectivity index (χ0n) is 16.1. The van der Waals surface area contributed by atoms with E-state index in [1.54, 1.807) is 42.3 Å². The lowest BCUT2D eigenvalue weighted by Crippen LogP contribution is -2.23. The van der Waals surface area contributed by atoms with Crippen molar-refractivity contribution in [2.75, 3.05) is 36.2 Å². The molecule has 1 aromatic heterocycles. The zero-order valence-corrected chi connectivity index (χ0v) is 17.0. The predicted octanol–water partition coefficient (Wildman–Crippen LogP) is 2.96. The van der Waals surface area contributed by atoms with Gasteiger partial charge in [0.25, 0.3) is 0 Å². The Labute approximate surface area is 177 Å². The molecule has 2 amide bonds. The van der Waals surface area contributed by atoms with Gasteiger partial charge in [0.1, 0.15) is 18.7 Å². The first-order valence-corrected chi connectivity index (χ1v) is 10.1. The van der Waals surface area contributed by atoms with Gasteiger partial charge >= 0.3 is 6.09 Å². The molecule has 4 rings (SSSR count). The van der Waals surface area contributed by atoms with Gasteiger partial charge in [-0.15, -0.1) is 10.2 Å². The van der Waals surface area contributed by atoms with Gasteiger partial charge in [-0.25, -0.2) is 4.79 Å². The topological polar surface area (TPSA) is 98.6 Å². The number of amides is 2. The molecule has 30 heavy (non-hydrogen) atoms. The van der Waals surface area contributed by atoms with Gasteiger partial charge in [0.2, 0.25) is 5.91 Å². The highest BCUT2D eigenvalue weighted by Crippen LogP contribution is 2.24. The molecule has 0 spiro atoms. The number of nitrogens with one attached hydrogen (secondary N) is 1. The smallest absolute Gasteiger partial charge is 0.414 e. The van der Waals surface area contributed by atoms with Crippen LogP contribution in [-0.2, 0) is 9.53 Å². The maximum atomic E-state index is 12.4. The molecule has 154 valence electrons. The Morgan fingerprint density at radius 1 is 1.23 bits per heavy atom. The highest BCUT2D eigenvalue weighted by molar-refractivity contribution is 7.99. The zero-order chi connectivity index (χ0) is 20.9. The van der Waals surface area contributed by atoms with E-state index in [9.17, 15) is 9.59 Å². The first-order valence-electron chi connectivity index (χ1n) is 9.15. The van der Waals surface area contributed by atoms with E-state index >= 15 is 0 Å². The van der Waals surface area contributed by atoms with Crippen LogP contribution in [0.1, 0.15) is 0 Å². The summed E-state index contributed by atoms with van der Waals surface area (Å²) in [6, 6.07) is 14.6. The SMILES string of the molecule is COc1ccc(-n2cnnc2SCC(=O)Nc2cccc(N3CCOC3=O)c2)cc1. The Morgan fingerprint density at radius 3 is 2.80 bits per heavy atom. The van der Waals surface area contributed by atoms with Crippen LogP contribution < -0.4 is 15.0 Å². The lowest BCUT2D eigenvalue weighted by Gasteiger charge is -2.14. The molecule has 2 aromatic carbocycles. The Hall–Kier alpha value is -3.53. The van der Waals surface area contributed by atoms with Crippen LogP contribution in [-0.4, -0.2) is 52.8 Å². The van der Waals surface area contributed by atoms with Crippen LogP contribution >= 0.6 is 11.8 Å². The van der Waals surface area contributed by atoms with Crippen molar-refractivity contribution in [1.82, 2.24) is 14.8 Å². The van der Waals surface area contributed by atoms with Crippen LogP contribution in [0.4, 0.5) is 16.2 Å². The fourth-order valence-electron chi connectivity index (χ4n) is 2.95. The fourth-order valence-corrected chi connectivity index (χ4v) is 3.68. The Balaban J connectivity index is 1.38. The summed E-state index contributed by atoms with van der Waals surface area (Å²) in [5.41, 5.74) is 2.16. The van der Waals surface area contributed by atoms with Gasteiger partial charge in [-0.3, -0.25) is 14.3 Å². The van der Waals surface area contributed by atoms with E-state index in [1.165, 1.54) is 16.7 Å². The van der Waals surface area contributed by atoms with Crippen molar-refractivity contribution in [2.24, 2.45) is 0 Å². The van der Waals surface area contributed by atoms with Crippen LogP contribution in [0, 0.1) is 0 Å². The van der Waals surface area contributed by atoms with E-state index < -0.39 is 0 Å². The number of cyclic esters (lactones) is 1. The first-order chi connectivity index (χ1) is 14.6. The molecule has 3 aromatic rings. The molecule has 0 radical (unpaired) electrons. The summed E-state index contributed by atoms with van der Waals surface area (Å²) in [7, 11) is 1.61. The Bertz CT molecular complexity index is 1050. The van der Waals surface area contributed by atoms with Crippen LogP contribution in [0.5, 0.6) is 5.75 Å². The molecule has 2 heterocycles. The minimum Gasteiger partial charge on any atom is -0.497 e. The summed E-state index contributed by atoms with van der Waals surface area (Å²) < 4.78 is 11.9. The normalized spacial score (nSPS) is 13.2. The second kappa shape index (κ2) is 8.87. The number of carbonyl (C=O) groups excluding carboxylic acids is 2. The van der Waals surface area contributed by atoms with Crippen molar-refractivity contribution in [3.8, 4) is 11.4 Å². The third-order valence-electron chi connectivity index (χ3n) is 4.40.